The van der Waals surface area contributed by atoms with Crippen molar-refractivity contribution >= 4 is 5.97 Å². The van der Waals surface area contributed by atoms with Gasteiger partial charge >= 0.3 is 5.97 Å². The zero-order chi connectivity index (χ0) is 14.5. The predicted octanol–water partition coefficient (Wildman–Crippen LogP) is 3.06. The molecule has 4 heteroatoms. The summed E-state index contributed by atoms with van der Waals surface area (Å²) >= 11 is 0. The summed E-state index contributed by atoms with van der Waals surface area (Å²) in [7, 11) is 0. The summed E-state index contributed by atoms with van der Waals surface area (Å²) in [5.74, 6) is 0.601. The first-order chi connectivity index (χ1) is 9.65. The van der Waals surface area contributed by atoms with Gasteiger partial charge in [-0.25, -0.2) is 4.79 Å². The van der Waals surface area contributed by atoms with Gasteiger partial charge in [0.2, 0.25) is 0 Å². The Morgan fingerprint density at radius 1 is 1.55 bits per heavy atom. The van der Waals surface area contributed by atoms with Crippen LogP contribution in [0, 0.1) is 5.92 Å². The molecule has 1 aromatic rings. The Hall–Kier alpha value is -1.97. The van der Waals surface area contributed by atoms with E-state index in [4.69, 9.17) is 9.47 Å². The first-order valence-corrected chi connectivity index (χ1v) is 6.91. The maximum atomic E-state index is 11.3. The van der Waals surface area contributed by atoms with Crippen LogP contribution < -0.4 is 9.47 Å². The molecule has 1 unspecified atom stereocenters. The summed E-state index contributed by atoms with van der Waals surface area (Å²) in [5.41, 5.74) is 0.901. The quantitative estimate of drug-likeness (QED) is 0.741. The van der Waals surface area contributed by atoms with E-state index < -0.39 is 12.1 Å². The van der Waals surface area contributed by atoms with E-state index in [1.54, 1.807) is 18.2 Å². The van der Waals surface area contributed by atoms with Gasteiger partial charge in [0.25, 0.3) is 0 Å². The highest BCUT2D eigenvalue weighted by Gasteiger charge is 2.38. The Labute approximate surface area is 119 Å². The predicted molar refractivity (Wildman–Crippen MR) is 76.3 cm³/mol. The second kappa shape index (κ2) is 6.46. The molecule has 2 rings (SSSR count). The molecule has 1 atom stereocenters. The minimum atomic E-state index is -0.897. The Balaban J connectivity index is 2.20. The van der Waals surface area contributed by atoms with Crippen LogP contribution in [0.2, 0.25) is 0 Å². The number of carboxylic acids is 1. The van der Waals surface area contributed by atoms with Gasteiger partial charge in [0, 0.05) is 11.5 Å². The van der Waals surface area contributed by atoms with Crippen LogP contribution >= 0.6 is 0 Å². The topological polar surface area (TPSA) is 55.8 Å². The maximum Gasteiger partial charge on any atom is 0.345 e. The van der Waals surface area contributed by atoms with Gasteiger partial charge in [-0.1, -0.05) is 6.08 Å². The lowest BCUT2D eigenvalue weighted by molar-refractivity contribution is -0.146. The summed E-state index contributed by atoms with van der Waals surface area (Å²) in [5, 5.41) is 9.23. The molecule has 0 radical (unpaired) electrons. The molecule has 0 amide bonds. The number of aliphatic carboxylic acids is 1. The molecule has 20 heavy (non-hydrogen) atoms. The van der Waals surface area contributed by atoms with Crippen molar-refractivity contribution in [1.82, 2.24) is 0 Å². The number of carboxylic acid groups (broad SMARTS) is 1. The van der Waals surface area contributed by atoms with Gasteiger partial charge in [-0.2, -0.15) is 0 Å². The largest absolute Gasteiger partial charge is 0.494 e. The van der Waals surface area contributed by atoms with Gasteiger partial charge in [-0.05, 0) is 44.4 Å². The van der Waals surface area contributed by atoms with Crippen LogP contribution in [-0.2, 0) is 11.2 Å². The monoisotopic (exact) mass is 276 g/mol. The third kappa shape index (κ3) is 3.53. The molecule has 4 nitrogen and oxygen atoms in total. The van der Waals surface area contributed by atoms with Gasteiger partial charge in [-0.15, -0.1) is 6.58 Å². The van der Waals surface area contributed by atoms with E-state index in [-0.39, 0.29) is 5.92 Å². The van der Waals surface area contributed by atoms with Crippen LogP contribution in [0.5, 0.6) is 11.5 Å². The van der Waals surface area contributed by atoms with Crippen LogP contribution in [0.15, 0.2) is 30.9 Å². The van der Waals surface area contributed by atoms with Gasteiger partial charge in [0.1, 0.15) is 11.5 Å². The van der Waals surface area contributed by atoms with Crippen molar-refractivity contribution < 1.29 is 19.4 Å². The molecule has 1 aliphatic rings. The molecule has 0 heterocycles. The number of benzene rings is 1. The lowest BCUT2D eigenvalue weighted by atomic mass is 10.1. The Morgan fingerprint density at radius 2 is 2.30 bits per heavy atom. The van der Waals surface area contributed by atoms with Crippen LogP contribution in [0.4, 0.5) is 0 Å². The van der Waals surface area contributed by atoms with Crippen molar-refractivity contribution in [1.29, 1.82) is 0 Å². The summed E-state index contributed by atoms with van der Waals surface area (Å²) in [6.07, 6.45) is 3.48. The zero-order valence-corrected chi connectivity index (χ0v) is 11.7. The smallest absolute Gasteiger partial charge is 0.345 e. The summed E-state index contributed by atoms with van der Waals surface area (Å²) in [6, 6.07) is 5.46. The lowest BCUT2D eigenvalue weighted by Gasteiger charge is -2.17. The van der Waals surface area contributed by atoms with E-state index in [1.165, 1.54) is 0 Å². The van der Waals surface area contributed by atoms with Crippen LogP contribution in [0.3, 0.4) is 0 Å². The molecule has 1 fully saturated rings. The fourth-order valence-corrected chi connectivity index (χ4v) is 2.13. The summed E-state index contributed by atoms with van der Waals surface area (Å²) in [6.45, 7) is 6.23. The van der Waals surface area contributed by atoms with Crippen molar-refractivity contribution in [2.75, 3.05) is 6.61 Å². The van der Waals surface area contributed by atoms with Crippen molar-refractivity contribution in [2.24, 2.45) is 5.92 Å². The zero-order valence-electron chi connectivity index (χ0n) is 11.7. The van der Waals surface area contributed by atoms with Crippen molar-refractivity contribution in [3.05, 3.63) is 36.4 Å². The molecular weight excluding hydrogens is 256 g/mol. The first kappa shape index (κ1) is 14.4. The highest BCUT2D eigenvalue weighted by molar-refractivity contribution is 5.73. The van der Waals surface area contributed by atoms with E-state index in [9.17, 15) is 9.90 Å². The highest BCUT2D eigenvalue weighted by atomic mass is 16.5. The van der Waals surface area contributed by atoms with E-state index in [0.29, 0.717) is 18.8 Å². The molecule has 1 N–H and O–H groups in total. The number of carbonyl (C=O) groups is 1. The van der Waals surface area contributed by atoms with Crippen LogP contribution in [0.25, 0.3) is 0 Å². The normalized spacial score (nSPS) is 15.4. The number of hydrogen-bond donors (Lipinski definition) is 1. The molecule has 108 valence electrons. The number of rotatable bonds is 8. The number of allylic oxidation sites excluding steroid dienone is 1. The molecule has 0 spiro atoms. The van der Waals surface area contributed by atoms with E-state index in [1.807, 2.05) is 13.0 Å². The molecule has 0 aromatic heterocycles. The van der Waals surface area contributed by atoms with E-state index in [0.717, 1.165) is 24.2 Å². The fraction of sp³-hybridized carbons (Fsp3) is 0.438. The molecule has 1 aliphatic carbocycles. The molecule has 1 aromatic carbocycles. The lowest BCUT2D eigenvalue weighted by Crippen LogP contribution is -2.29. The minimum absolute atomic E-state index is 0.135. The van der Waals surface area contributed by atoms with Gasteiger partial charge < -0.3 is 14.6 Å². The second-order valence-corrected chi connectivity index (χ2v) is 4.91. The number of hydrogen-bond acceptors (Lipinski definition) is 3. The summed E-state index contributed by atoms with van der Waals surface area (Å²) in [4.78, 5) is 11.3. The van der Waals surface area contributed by atoms with Crippen LogP contribution in [-0.4, -0.2) is 23.8 Å². The van der Waals surface area contributed by atoms with Crippen LogP contribution in [0.1, 0.15) is 25.3 Å². The average Bonchev–Trinajstić information content (AvgIpc) is 3.22. The van der Waals surface area contributed by atoms with Crippen molar-refractivity contribution in [3.63, 3.8) is 0 Å². The van der Waals surface area contributed by atoms with Gasteiger partial charge in [0.05, 0.1) is 6.61 Å². The van der Waals surface area contributed by atoms with Crippen molar-refractivity contribution in [3.8, 4) is 11.5 Å². The SMILES string of the molecule is C=CCc1cc(OCC)ccc1OC(C(=O)O)C1CC1. The molecule has 0 aliphatic heterocycles. The maximum absolute atomic E-state index is 11.3. The van der Waals surface area contributed by atoms with Gasteiger partial charge in [-0.3, -0.25) is 0 Å². The third-order valence-corrected chi connectivity index (χ3v) is 3.25. The Kier molecular flexibility index (Phi) is 4.66. The molecule has 1 saturated carbocycles. The van der Waals surface area contributed by atoms with E-state index >= 15 is 0 Å². The second-order valence-electron chi connectivity index (χ2n) is 4.91. The summed E-state index contributed by atoms with van der Waals surface area (Å²) < 4.78 is 11.2. The number of ether oxygens (including phenoxy) is 2. The van der Waals surface area contributed by atoms with E-state index in [2.05, 4.69) is 6.58 Å². The average molecular weight is 276 g/mol. The molecule has 0 bridgehead atoms. The fourth-order valence-electron chi connectivity index (χ4n) is 2.13. The third-order valence-electron chi connectivity index (χ3n) is 3.25. The minimum Gasteiger partial charge on any atom is -0.494 e. The molecular formula is C16H20O4. The van der Waals surface area contributed by atoms with Gasteiger partial charge in [0.15, 0.2) is 6.10 Å². The first-order valence-electron chi connectivity index (χ1n) is 6.91. The molecule has 0 saturated heterocycles. The van der Waals surface area contributed by atoms with Crippen molar-refractivity contribution in [2.45, 2.75) is 32.3 Å². The Morgan fingerprint density at radius 3 is 2.85 bits per heavy atom. The Bertz CT molecular complexity index is 491. The standard InChI is InChI=1S/C16H20O4/c1-3-5-12-10-13(19-4-2)8-9-14(12)20-15(16(17)18)11-6-7-11/h3,8-11,15H,1,4-7H2,2H3,(H,17,18). The highest BCUT2D eigenvalue weighted by Crippen LogP contribution is 2.36.